The Bertz CT molecular complexity index is 1080. The van der Waals surface area contributed by atoms with Gasteiger partial charge in [-0.1, -0.05) is 23.9 Å². The van der Waals surface area contributed by atoms with Crippen LogP contribution in [0, 0.1) is 0 Å². The molecule has 1 aromatic heterocycles. The van der Waals surface area contributed by atoms with Gasteiger partial charge in [-0.25, -0.2) is 0 Å². The lowest BCUT2D eigenvalue weighted by Crippen LogP contribution is -2.29. The molecule has 0 aliphatic carbocycles. The lowest BCUT2D eigenvalue weighted by atomic mass is 10.1. The van der Waals surface area contributed by atoms with E-state index in [1.54, 1.807) is 43.1 Å². The van der Waals surface area contributed by atoms with Gasteiger partial charge < -0.3 is 24.7 Å². The number of benzene rings is 2. The fraction of sp³-hybridized carbons (Fsp3) is 0.304. The molecule has 33 heavy (non-hydrogen) atoms. The van der Waals surface area contributed by atoms with Gasteiger partial charge in [0.05, 0.1) is 32.4 Å². The number of methoxy groups -OCH3 is 2. The van der Waals surface area contributed by atoms with Gasteiger partial charge in [0.2, 0.25) is 11.8 Å². The molecule has 3 rings (SSSR count). The molecular weight excluding hydrogens is 442 g/mol. The van der Waals surface area contributed by atoms with Crippen molar-refractivity contribution in [3.63, 3.8) is 0 Å². The zero-order chi connectivity index (χ0) is 23.8. The van der Waals surface area contributed by atoms with E-state index in [1.165, 1.54) is 11.8 Å². The topological polar surface area (TPSA) is 107 Å². The summed E-state index contributed by atoms with van der Waals surface area (Å²) in [6, 6.07) is 14.1. The third-order valence-electron chi connectivity index (χ3n) is 4.86. The first-order chi connectivity index (χ1) is 15.9. The molecule has 9 nitrogen and oxygen atoms in total. The minimum Gasteiger partial charge on any atom is -0.497 e. The molecule has 1 atom stereocenters. The molecule has 2 amide bonds. The fourth-order valence-corrected chi connectivity index (χ4v) is 3.83. The third kappa shape index (κ3) is 6.72. The van der Waals surface area contributed by atoms with Crippen LogP contribution in [0.4, 0.5) is 5.69 Å². The number of ether oxygens (including phenoxy) is 2. The lowest BCUT2D eigenvalue weighted by molar-refractivity contribution is -0.121. The van der Waals surface area contributed by atoms with Gasteiger partial charge in [0.15, 0.2) is 11.0 Å². The van der Waals surface area contributed by atoms with Gasteiger partial charge in [0, 0.05) is 12.7 Å². The zero-order valence-electron chi connectivity index (χ0n) is 19.0. The van der Waals surface area contributed by atoms with E-state index in [4.69, 9.17) is 9.47 Å². The van der Waals surface area contributed by atoms with Crippen LogP contribution < -0.4 is 20.1 Å². The highest BCUT2D eigenvalue weighted by molar-refractivity contribution is 7.99. The zero-order valence-corrected chi connectivity index (χ0v) is 19.8. The number of aromatic nitrogens is 3. The normalized spacial score (nSPS) is 11.5. The first-order valence-corrected chi connectivity index (χ1v) is 11.3. The number of amides is 2. The van der Waals surface area contributed by atoms with Crippen LogP contribution in [0.5, 0.6) is 11.5 Å². The summed E-state index contributed by atoms with van der Waals surface area (Å²) < 4.78 is 12.0. The van der Waals surface area contributed by atoms with E-state index < -0.39 is 0 Å². The van der Waals surface area contributed by atoms with Gasteiger partial charge in [-0.2, -0.15) is 0 Å². The molecule has 174 valence electrons. The first-order valence-electron chi connectivity index (χ1n) is 10.3. The number of hydrogen-bond donors (Lipinski definition) is 2. The predicted octanol–water partition coefficient (Wildman–Crippen LogP) is 2.98. The van der Waals surface area contributed by atoms with Crippen LogP contribution in [-0.4, -0.2) is 46.6 Å². The average molecular weight is 470 g/mol. The van der Waals surface area contributed by atoms with Crippen molar-refractivity contribution in [3.05, 3.63) is 59.9 Å². The Labute approximate surface area is 196 Å². The molecule has 0 spiro atoms. The van der Waals surface area contributed by atoms with Crippen LogP contribution in [0.1, 0.15) is 24.4 Å². The Morgan fingerprint density at radius 1 is 0.970 bits per heavy atom. The van der Waals surface area contributed by atoms with Crippen molar-refractivity contribution in [1.82, 2.24) is 20.1 Å². The summed E-state index contributed by atoms with van der Waals surface area (Å²) in [6.45, 7) is 1.85. The van der Waals surface area contributed by atoms with Gasteiger partial charge in [-0.3, -0.25) is 9.59 Å². The van der Waals surface area contributed by atoms with Crippen LogP contribution in [0.15, 0.2) is 53.7 Å². The van der Waals surface area contributed by atoms with Gasteiger partial charge in [-0.05, 0) is 48.9 Å². The molecule has 0 aliphatic rings. The average Bonchev–Trinajstić information content (AvgIpc) is 3.19. The van der Waals surface area contributed by atoms with Crippen molar-refractivity contribution in [1.29, 1.82) is 0 Å². The highest BCUT2D eigenvalue weighted by Gasteiger charge is 2.18. The van der Waals surface area contributed by atoms with Crippen molar-refractivity contribution >= 4 is 29.3 Å². The summed E-state index contributed by atoms with van der Waals surface area (Å²) in [7, 11) is 5.00. The molecule has 2 N–H and O–H groups in total. The number of rotatable bonds is 10. The second-order valence-electron chi connectivity index (χ2n) is 7.28. The van der Waals surface area contributed by atoms with E-state index in [2.05, 4.69) is 20.8 Å². The van der Waals surface area contributed by atoms with Gasteiger partial charge in [0.25, 0.3) is 0 Å². The molecule has 0 bridgehead atoms. The lowest BCUT2D eigenvalue weighted by Gasteiger charge is -2.14. The summed E-state index contributed by atoms with van der Waals surface area (Å²) in [4.78, 5) is 24.7. The SMILES string of the molecule is COc1ccc(CC(=O)NC(C)c2nnc(SCC(=O)Nc3ccc(OC)cc3)n2C)cc1. The number of carbonyl (C=O) groups excluding carboxylic acids is 2. The summed E-state index contributed by atoms with van der Waals surface area (Å²) in [6.07, 6.45) is 0.249. The van der Waals surface area contributed by atoms with Crippen molar-refractivity contribution in [2.75, 3.05) is 25.3 Å². The Hall–Kier alpha value is -3.53. The summed E-state index contributed by atoms with van der Waals surface area (Å²) in [5, 5.41) is 14.7. The van der Waals surface area contributed by atoms with Crippen LogP contribution in [0.2, 0.25) is 0 Å². The van der Waals surface area contributed by atoms with E-state index in [9.17, 15) is 9.59 Å². The first kappa shape index (κ1) is 24.1. The number of nitrogens with one attached hydrogen (secondary N) is 2. The molecule has 2 aromatic carbocycles. The minimum atomic E-state index is -0.337. The number of hydrogen-bond acceptors (Lipinski definition) is 7. The van der Waals surface area contributed by atoms with Crippen molar-refractivity contribution in [2.24, 2.45) is 7.05 Å². The van der Waals surface area contributed by atoms with E-state index in [-0.39, 0.29) is 30.0 Å². The maximum Gasteiger partial charge on any atom is 0.234 e. The number of carbonyl (C=O) groups is 2. The van der Waals surface area contributed by atoms with E-state index in [0.717, 1.165) is 17.1 Å². The minimum absolute atomic E-state index is 0.122. The molecule has 3 aromatic rings. The quantitative estimate of drug-likeness (QED) is 0.440. The smallest absolute Gasteiger partial charge is 0.234 e. The van der Waals surface area contributed by atoms with E-state index >= 15 is 0 Å². The highest BCUT2D eigenvalue weighted by Crippen LogP contribution is 2.20. The Kier molecular flexibility index (Phi) is 8.31. The van der Waals surface area contributed by atoms with Crippen molar-refractivity contribution < 1.29 is 19.1 Å². The highest BCUT2D eigenvalue weighted by atomic mass is 32.2. The Morgan fingerprint density at radius 2 is 1.58 bits per heavy atom. The summed E-state index contributed by atoms with van der Waals surface area (Å²) in [5.74, 6) is 1.97. The number of nitrogens with zero attached hydrogens (tertiary/aromatic N) is 3. The third-order valence-corrected chi connectivity index (χ3v) is 5.88. The number of thioether (sulfide) groups is 1. The van der Waals surface area contributed by atoms with Crippen molar-refractivity contribution in [3.8, 4) is 11.5 Å². The maximum absolute atomic E-state index is 12.4. The monoisotopic (exact) mass is 469 g/mol. The van der Waals surface area contributed by atoms with E-state index in [1.807, 2.05) is 38.2 Å². The summed E-state index contributed by atoms with van der Waals surface area (Å²) in [5.41, 5.74) is 1.57. The maximum atomic E-state index is 12.4. The van der Waals surface area contributed by atoms with Crippen LogP contribution in [-0.2, 0) is 23.1 Å². The Morgan fingerprint density at radius 3 is 2.18 bits per heavy atom. The molecule has 0 fully saturated rings. The standard InChI is InChI=1S/C23H27N5O4S/c1-15(24-20(29)13-16-5-9-18(31-3)10-6-16)22-26-27-23(28(22)2)33-14-21(30)25-17-7-11-19(32-4)12-8-17/h5-12,15H,13-14H2,1-4H3,(H,24,29)(H,25,30). The molecular formula is C23H27N5O4S. The van der Waals surface area contributed by atoms with Crippen molar-refractivity contribution in [2.45, 2.75) is 24.5 Å². The molecule has 0 saturated heterocycles. The molecule has 0 saturated carbocycles. The molecule has 10 heteroatoms. The van der Waals surface area contributed by atoms with Gasteiger partial charge >= 0.3 is 0 Å². The second kappa shape index (κ2) is 11.4. The second-order valence-corrected chi connectivity index (χ2v) is 8.22. The molecule has 0 aliphatic heterocycles. The van der Waals surface area contributed by atoms with Gasteiger partial charge in [-0.15, -0.1) is 10.2 Å². The summed E-state index contributed by atoms with van der Waals surface area (Å²) >= 11 is 1.27. The van der Waals surface area contributed by atoms with Crippen LogP contribution in [0.25, 0.3) is 0 Å². The predicted molar refractivity (Wildman–Crippen MR) is 127 cm³/mol. The molecule has 1 unspecified atom stereocenters. The van der Waals surface area contributed by atoms with Gasteiger partial charge in [0.1, 0.15) is 11.5 Å². The largest absolute Gasteiger partial charge is 0.497 e. The molecule has 1 heterocycles. The molecule has 0 radical (unpaired) electrons. The van der Waals surface area contributed by atoms with Crippen LogP contribution >= 0.6 is 11.8 Å². The van der Waals surface area contributed by atoms with E-state index in [0.29, 0.717) is 16.7 Å². The Balaban J connectivity index is 1.51. The van der Waals surface area contributed by atoms with Crippen LogP contribution in [0.3, 0.4) is 0 Å². The fourth-order valence-electron chi connectivity index (χ4n) is 3.12. The number of anilines is 1.